The van der Waals surface area contributed by atoms with Gasteiger partial charge < -0.3 is 15.5 Å². The molecule has 3 rings (SSSR count). The fourth-order valence-corrected chi connectivity index (χ4v) is 3.19. The number of carbonyl (C=O) groups excluding carboxylic acids is 2. The summed E-state index contributed by atoms with van der Waals surface area (Å²) in [5, 5.41) is 9.95. The molecule has 3 amide bonds. The molecule has 0 spiro atoms. The van der Waals surface area contributed by atoms with Crippen molar-refractivity contribution in [2.75, 3.05) is 18.4 Å². The number of anilines is 1. The molecule has 138 valence electrons. The van der Waals surface area contributed by atoms with Crippen LogP contribution in [0.1, 0.15) is 25.3 Å². The third-order valence-electron chi connectivity index (χ3n) is 4.62. The second-order valence-corrected chi connectivity index (χ2v) is 6.70. The molecule has 0 aliphatic carbocycles. The van der Waals surface area contributed by atoms with Crippen molar-refractivity contribution in [3.63, 3.8) is 0 Å². The Balaban J connectivity index is 1.40. The van der Waals surface area contributed by atoms with E-state index in [-0.39, 0.29) is 11.9 Å². The highest BCUT2D eigenvalue weighted by molar-refractivity contribution is 5.88. The van der Waals surface area contributed by atoms with Gasteiger partial charge in [-0.1, -0.05) is 12.1 Å². The van der Waals surface area contributed by atoms with E-state index in [1.807, 2.05) is 46.1 Å². The van der Waals surface area contributed by atoms with Gasteiger partial charge in [-0.05, 0) is 42.5 Å². The van der Waals surface area contributed by atoms with Crippen LogP contribution in [0.5, 0.6) is 0 Å². The highest BCUT2D eigenvalue weighted by Gasteiger charge is 2.22. The molecule has 0 saturated carbocycles. The molecule has 0 unspecified atom stereocenters. The minimum Gasteiger partial charge on any atom is -0.334 e. The number of nitrogens with zero attached hydrogens (tertiary/aromatic N) is 3. The average Bonchev–Trinajstić information content (AvgIpc) is 3.14. The minimum atomic E-state index is -0.0954. The summed E-state index contributed by atoms with van der Waals surface area (Å²) in [6, 6.07) is 9.40. The molecule has 0 bridgehead atoms. The first-order valence-electron chi connectivity index (χ1n) is 8.97. The maximum atomic E-state index is 12.3. The SMILES string of the molecule is CC(=O)Nc1ccc(CNC(=O)N2CCC(Cn3cccn3)CC2)cc1. The quantitative estimate of drug-likeness (QED) is 0.865. The molecule has 0 atom stereocenters. The Bertz CT molecular complexity index is 719. The monoisotopic (exact) mass is 355 g/mol. The number of carbonyl (C=O) groups is 2. The van der Waals surface area contributed by atoms with Crippen LogP contribution in [0.2, 0.25) is 0 Å². The largest absolute Gasteiger partial charge is 0.334 e. The van der Waals surface area contributed by atoms with Crippen molar-refractivity contribution in [3.05, 3.63) is 48.3 Å². The van der Waals surface area contributed by atoms with Crippen LogP contribution in [0.25, 0.3) is 0 Å². The lowest BCUT2D eigenvalue weighted by Crippen LogP contribution is -2.44. The molecule has 1 fully saturated rings. The third-order valence-corrected chi connectivity index (χ3v) is 4.62. The van der Waals surface area contributed by atoms with E-state index in [9.17, 15) is 9.59 Å². The van der Waals surface area contributed by atoms with Crippen LogP contribution in [0.4, 0.5) is 10.5 Å². The van der Waals surface area contributed by atoms with E-state index in [2.05, 4.69) is 15.7 Å². The fraction of sp³-hybridized carbons (Fsp3) is 0.421. The molecule has 1 aromatic carbocycles. The summed E-state index contributed by atoms with van der Waals surface area (Å²) < 4.78 is 1.96. The Labute approximate surface area is 153 Å². The van der Waals surface area contributed by atoms with Crippen molar-refractivity contribution in [3.8, 4) is 0 Å². The van der Waals surface area contributed by atoms with E-state index in [4.69, 9.17) is 0 Å². The van der Waals surface area contributed by atoms with Gasteiger partial charge in [-0.2, -0.15) is 5.10 Å². The van der Waals surface area contributed by atoms with E-state index in [1.165, 1.54) is 6.92 Å². The Hall–Kier alpha value is -2.83. The molecule has 1 aliphatic rings. The average molecular weight is 355 g/mol. The highest BCUT2D eigenvalue weighted by atomic mass is 16.2. The lowest BCUT2D eigenvalue weighted by atomic mass is 9.97. The standard InChI is InChI=1S/C19H25N5O2/c1-15(25)22-18-5-3-16(4-6-18)13-20-19(26)23-11-7-17(8-12-23)14-24-10-2-9-21-24/h2-6,9-10,17H,7-8,11-14H2,1H3,(H,20,26)(H,22,25). The zero-order valence-electron chi connectivity index (χ0n) is 15.0. The fourth-order valence-electron chi connectivity index (χ4n) is 3.19. The first kappa shape index (κ1) is 18.0. The van der Waals surface area contributed by atoms with Crippen molar-refractivity contribution in [1.82, 2.24) is 20.0 Å². The first-order chi connectivity index (χ1) is 12.6. The number of benzene rings is 1. The van der Waals surface area contributed by atoms with Gasteiger partial charge in [-0.3, -0.25) is 9.48 Å². The first-order valence-corrected chi connectivity index (χ1v) is 8.97. The third kappa shape index (κ3) is 5.08. The highest BCUT2D eigenvalue weighted by Crippen LogP contribution is 2.19. The van der Waals surface area contributed by atoms with Crippen LogP contribution in [0.3, 0.4) is 0 Å². The molecule has 2 heterocycles. The summed E-state index contributed by atoms with van der Waals surface area (Å²) in [6.07, 6.45) is 5.78. The zero-order valence-corrected chi connectivity index (χ0v) is 15.0. The molecule has 7 nitrogen and oxygen atoms in total. The summed E-state index contributed by atoms with van der Waals surface area (Å²) in [6.45, 7) is 4.43. The Kier molecular flexibility index (Phi) is 5.88. The molecular weight excluding hydrogens is 330 g/mol. The van der Waals surface area contributed by atoms with Crippen molar-refractivity contribution in [2.45, 2.75) is 32.9 Å². The summed E-state index contributed by atoms with van der Waals surface area (Å²) in [5.74, 6) is 0.474. The smallest absolute Gasteiger partial charge is 0.317 e. The topological polar surface area (TPSA) is 79.3 Å². The maximum absolute atomic E-state index is 12.3. The van der Waals surface area contributed by atoms with Gasteiger partial charge in [-0.15, -0.1) is 0 Å². The predicted octanol–water partition coefficient (Wildman–Crippen LogP) is 2.46. The summed E-state index contributed by atoms with van der Waals surface area (Å²) in [7, 11) is 0. The molecule has 1 aromatic heterocycles. The minimum absolute atomic E-state index is 0.0199. The zero-order chi connectivity index (χ0) is 18.4. The van der Waals surface area contributed by atoms with Crippen molar-refractivity contribution < 1.29 is 9.59 Å². The number of piperidine rings is 1. The summed E-state index contributed by atoms with van der Waals surface area (Å²) in [4.78, 5) is 25.2. The van der Waals surface area contributed by atoms with Gasteiger partial charge in [-0.25, -0.2) is 4.79 Å². The van der Waals surface area contributed by atoms with Gasteiger partial charge in [0.15, 0.2) is 0 Å². The van der Waals surface area contributed by atoms with E-state index in [0.29, 0.717) is 12.5 Å². The number of amides is 3. The second kappa shape index (κ2) is 8.51. The normalized spacial score (nSPS) is 14.9. The van der Waals surface area contributed by atoms with Crippen molar-refractivity contribution in [2.24, 2.45) is 5.92 Å². The van der Waals surface area contributed by atoms with Gasteiger partial charge in [0.1, 0.15) is 0 Å². The molecule has 2 N–H and O–H groups in total. The van der Waals surface area contributed by atoms with Crippen LogP contribution < -0.4 is 10.6 Å². The number of nitrogens with one attached hydrogen (secondary N) is 2. The predicted molar refractivity (Wildman–Crippen MR) is 99.5 cm³/mol. The number of urea groups is 1. The lowest BCUT2D eigenvalue weighted by molar-refractivity contribution is -0.114. The van der Waals surface area contributed by atoms with Gasteiger partial charge >= 0.3 is 6.03 Å². The number of likely N-dealkylation sites (tertiary alicyclic amines) is 1. The van der Waals surface area contributed by atoms with Crippen LogP contribution >= 0.6 is 0 Å². The molecule has 26 heavy (non-hydrogen) atoms. The van der Waals surface area contributed by atoms with E-state index in [1.54, 1.807) is 6.20 Å². The van der Waals surface area contributed by atoms with Crippen molar-refractivity contribution >= 4 is 17.6 Å². The van der Waals surface area contributed by atoms with Crippen LogP contribution in [-0.4, -0.2) is 39.7 Å². The summed E-state index contributed by atoms with van der Waals surface area (Å²) >= 11 is 0. The van der Waals surface area contributed by atoms with Gasteiger partial charge in [0.05, 0.1) is 0 Å². The number of aromatic nitrogens is 2. The van der Waals surface area contributed by atoms with E-state index < -0.39 is 0 Å². The van der Waals surface area contributed by atoms with Crippen LogP contribution in [0.15, 0.2) is 42.7 Å². The Morgan fingerprint density at radius 3 is 2.54 bits per heavy atom. The van der Waals surface area contributed by atoms with E-state index in [0.717, 1.165) is 43.7 Å². The number of rotatable bonds is 5. The van der Waals surface area contributed by atoms with Gasteiger partial charge in [0.25, 0.3) is 0 Å². The second-order valence-electron chi connectivity index (χ2n) is 6.70. The Morgan fingerprint density at radius 2 is 1.92 bits per heavy atom. The van der Waals surface area contributed by atoms with Crippen LogP contribution in [0, 0.1) is 5.92 Å². The molecule has 7 heteroatoms. The number of hydrogen-bond donors (Lipinski definition) is 2. The molecule has 1 saturated heterocycles. The molecular formula is C19H25N5O2. The molecule has 1 aliphatic heterocycles. The Morgan fingerprint density at radius 1 is 1.19 bits per heavy atom. The van der Waals surface area contributed by atoms with E-state index >= 15 is 0 Å². The van der Waals surface area contributed by atoms with Crippen molar-refractivity contribution in [1.29, 1.82) is 0 Å². The number of hydrogen-bond acceptors (Lipinski definition) is 3. The van der Waals surface area contributed by atoms with Gasteiger partial charge in [0, 0.05) is 51.2 Å². The lowest BCUT2D eigenvalue weighted by Gasteiger charge is -2.32. The van der Waals surface area contributed by atoms with Crippen LogP contribution in [-0.2, 0) is 17.9 Å². The molecule has 0 radical (unpaired) electrons. The summed E-state index contributed by atoms with van der Waals surface area (Å²) in [5.41, 5.74) is 1.76. The van der Waals surface area contributed by atoms with Gasteiger partial charge in [0.2, 0.25) is 5.91 Å². The maximum Gasteiger partial charge on any atom is 0.317 e. The molecule has 2 aromatic rings.